The van der Waals surface area contributed by atoms with Gasteiger partial charge in [0.1, 0.15) is 23.3 Å². The van der Waals surface area contributed by atoms with E-state index < -0.39 is 11.6 Å². The molecule has 0 aliphatic carbocycles. The normalized spacial score (nSPS) is 11.1. The van der Waals surface area contributed by atoms with Gasteiger partial charge in [-0.05, 0) is 103 Å². The molecular weight excluding hydrogens is 448 g/mol. The van der Waals surface area contributed by atoms with Gasteiger partial charge < -0.3 is 0 Å². The van der Waals surface area contributed by atoms with Gasteiger partial charge in [0.2, 0.25) is 0 Å². The maximum Gasteiger partial charge on any atom is 0.142 e. The van der Waals surface area contributed by atoms with Crippen LogP contribution >= 0.6 is 0 Å². The largest absolute Gasteiger partial charge is 0.207 e. The minimum atomic E-state index is -0.754. The lowest BCUT2D eigenvalue weighted by Gasteiger charge is -2.08. The number of hydrogen-bond donors (Lipinski definition) is 0. The molecule has 4 aromatic carbocycles. The van der Waals surface area contributed by atoms with Gasteiger partial charge in [0.05, 0.1) is 5.56 Å². The highest BCUT2D eigenvalue weighted by molar-refractivity contribution is 5.84. The lowest BCUT2D eigenvalue weighted by Crippen LogP contribution is -1.99. The van der Waals surface area contributed by atoms with Crippen molar-refractivity contribution in [2.45, 2.75) is 32.6 Å². The molecule has 0 aliphatic heterocycles. The summed E-state index contributed by atoms with van der Waals surface area (Å²) in [5, 5.41) is 1.50. The molecule has 0 atom stereocenters. The first-order chi connectivity index (χ1) is 16.9. The Balaban J connectivity index is 1.46. The summed E-state index contributed by atoms with van der Waals surface area (Å²) in [4.78, 5) is 0. The third-order valence-electron chi connectivity index (χ3n) is 5.87. The summed E-state index contributed by atoms with van der Waals surface area (Å²) >= 11 is 0. The van der Waals surface area contributed by atoms with Crippen LogP contribution < -0.4 is 0 Å². The van der Waals surface area contributed by atoms with E-state index >= 15 is 0 Å². The number of fused-ring (bicyclic) bond motifs is 1. The predicted molar refractivity (Wildman–Crippen MR) is 133 cm³/mol. The molecule has 0 saturated heterocycles. The Labute approximate surface area is 202 Å². The van der Waals surface area contributed by atoms with Gasteiger partial charge >= 0.3 is 0 Å². The van der Waals surface area contributed by atoms with Crippen LogP contribution in [0.4, 0.5) is 17.6 Å². The second kappa shape index (κ2) is 11.1. The highest BCUT2D eigenvalue weighted by atomic mass is 19.1. The third kappa shape index (κ3) is 6.19. The SMILES string of the molecule is C/C=C/CCc1ccc(CCc2cc(F)c(C#Cc3ccc4cc(F)ccc4c3)c(F)c2)c(F)c1. The molecule has 0 aromatic heterocycles. The molecule has 0 bridgehead atoms. The van der Waals surface area contributed by atoms with Crippen LogP contribution in [0.25, 0.3) is 10.8 Å². The first kappa shape index (κ1) is 24.3. The van der Waals surface area contributed by atoms with Gasteiger partial charge in [0, 0.05) is 5.56 Å². The quantitative estimate of drug-likeness (QED) is 0.151. The fraction of sp³-hybridized carbons (Fsp3) is 0.161. The Morgan fingerprint density at radius 3 is 2.11 bits per heavy atom. The summed E-state index contributed by atoms with van der Waals surface area (Å²) in [6.07, 6.45) is 6.25. The van der Waals surface area contributed by atoms with Crippen molar-refractivity contribution in [2.24, 2.45) is 0 Å². The van der Waals surface area contributed by atoms with Crippen LogP contribution in [0.15, 0.2) is 78.9 Å². The molecule has 0 N–H and O–H groups in total. The van der Waals surface area contributed by atoms with Crippen LogP contribution in [0, 0.1) is 35.1 Å². The molecule has 176 valence electrons. The van der Waals surface area contributed by atoms with Crippen molar-refractivity contribution in [3.05, 3.63) is 130 Å². The van der Waals surface area contributed by atoms with Crippen molar-refractivity contribution < 1.29 is 17.6 Å². The zero-order valence-electron chi connectivity index (χ0n) is 19.3. The van der Waals surface area contributed by atoms with Crippen LogP contribution in [-0.2, 0) is 19.3 Å². The van der Waals surface area contributed by atoms with Gasteiger partial charge in [0.15, 0.2) is 0 Å². The molecule has 0 heterocycles. The van der Waals surface area contributed by atoms with E-state index in [0.29, 0.717) is 29.5 Å². The van der Waals surface area contributed by atoms with E-state index in [2.05, 4.69) is 11.8 Å². The van der Waals surface area contributed by atoms with Gasteiger partial charge in [-0.15, -0.1) is 0 Å². The first-order valence-electron chi connectivity index (χ1n) is 11.5. The van der Waals surface area contributed by atoms with E-state index in [1.54, 1.807) is 30.3 Å². The summed E-state index contributed by atoms with van der Waals surface area (Å²) in [5.74, 6) is 3.21. The van der Waals surface area contributed by atoms with E-state index in [1.807, 2.05) is 25.1 Å². The molecule has 0 aliphatic rings. The smallest absolute Gasteiger partial charge is 0.142 e. The van der Waals surface area contributed by atoms with Crippen molar-refractivity contribution in [3.63, 3.8) is 0 Å². The van der Waals surface area contributed by atoms with Crippen molar-refractivity contribution in [3.8, 4) is 11.8 Å². The lowest BCUT2D eigenvalue weighted by atomic mass is 10.00. The van der Waals surface area contributed by atoms with Gasteiger partial charge in [-0.25, -0.2) is 17.6 Å². The Morgan fingerprint density at radius 1 is 0.657 bits per heavy atom. The molecule has 0 amide bonds. The number of allylic oxidation sites excluding steroid dienone is 2. The van der Waals surface area contributed by atoms with E-state index in [9.17, 15) is 17.6 Å². The molecule has 35 heavy (non-hydrogen) atoms. The molecule has 4 heteroatoms. The molecule has 4 rings (SSSR count). The van der Waals surface area contributed by atoms with Crippen molar-refractivity contribution in [1.29, 1.82) is 0 Å². The van der Waals surface area contributed by atoms with Crippen LogP contribution in [-0.4, -0.2) is 0 Å². The van der Waals surface area contributed by atoms with E-state index in [0.717, 1.165) is 29.2 Å². The monoisotopic (exact) mass is 472 g/mol. The van der Waals surface area contributed by atoms with Gasteiger partial charge in [0.25, 0.3) is 0 Å². The Kier molecular flexibility index (Phi) is 7.67. The Hall–Kier alpha value is -3.84. The minimum Gasteiger partial charge on any atom is -0.207 e. The molecule has 4 aromatic rings. The third-order valence-corrected chi connectivity index (χ3v) is 5.87. The maximum absolute atomic E-state index is 14.7. The molecule has 0 unspecified atom stereocenters. The first-order valence-corrected chi connectivity index (χ1v) is 11.5. The van der Waals surface area contributed by atoms with E-state index in [4.69, 9.17) is 0 Å². The summed E-state index contributed by atoms with van der Waals surface area (Å²) in [5.41, 5.74) is 2.12. The van der Waals surface area contributed by atoms with Crippen molar-refractivity contribution in [2.75, 3.05) is 0 Å². The highest BCUT2D eigenvalue weighted by Crippen LogP contribution is 2.20. The van der Waals surface area contributed by atoms with E-state index in [-0.39, 0.29) is 17.2 Å². The fourth-order valence-electron chi connectivity index (χ4n) is 3.96. The summed E-state index contributed by atoms with van der Waals surface area (Å²) in [6, 6.07) is 17.2. The predicted octanol–water partition coefficient (Wildman–Crippen LogP) is 8.09. The maximum atomic E-state index is 14.7. The lowest BCUT2D eigenvalue weighted by molar-refractivity contribution is 0.573. The fourth-order valence-corrected chi connectivity index (χ4v) is 3.96. The Morgan fingerprint density at radius 2 is 1.37 bits per heavy atom. The average molecular weight is 473 g/mol. The standard InChI is InChI=1S/C31H24F4/c1-2-3-4-5-21-6-10-24(29(33)17-21)11-8-23-18-30(34)28(31(35)19-23)15-9-22-7-12-26-20-27(32)14-13-25(26)16-22/h2-3,6-7,10,12-14,16-20H,4-5,8,11H2,1H3/b3-2+. The second-order valence-electron chi connectivity index (χ2n) is 8.42. The average Bonchev–Trinajstić information content (AvgIpc) is 2.83. The van der Waals surface area contributed by atoms with Crippen molar-refractivity contribution >= 4 is 10.8 Å². The summed E-state index contributed by atoms with van der Waals surface area (Å²) < 4.78 is 57.1. The molecule has 0 saturated carbocycles. The number of aryl methyl sites for hydroxylation is 3. The molecule has 0 radical (unpaired) electrons. The topological polar surface area (TPSA) is 0 Å². The summed E-state index contributed by atoms with van der Waals surface area (Å²) in [6.45, 7) is 1.95. The zero-order valence-corrected chi connectivity index (χ0v) is 19.3. The number of benzene rings is 4. The molecule has 0 fully saturated rings. The zero-order chi connectivity index (χ0) is 24.8. The van der Waals surface area contributed by atoms with Gasteiger partial charge in [-0.2, -0.15) is 0 Å². The number of hydrogen-bond acceptors (Lipinski definition) is 0. The Bertz CT molecular complexity index is 1430. The second-order valence-corrected chi connectivity index (χ2v) is 8.42. The summed E-state index contributed by atoms with van der Waals surface area (Å²) in [7, 11) is 0. The number of rotatable bonds is 6. The minimum absolute atomic E-state index is 0.301. The molecule has 0 nitrogen and oxygen atoms in total. The highest BCUT2D eigenvalue weighted by Gasteiger charge is 2.11. The molecular formula is C31H24F4. The van der Waals surface area contributed by atoms with Gasteiger partial charge in [-0.1, -0.05) is 48.3 Å². The van der Waals surface area contributed by atoms with Crippen molar-refractivity contribution in [1.82, 2.24) is 0 Å². The van der Waals surface area contributed by atoms with Crippen LogP contribution in [0.3, 0.4) is 0 Å². The molecule has 0 spiro atoms. The number of halogens is 4. The van der Waals surface area contributed by atoms with Gasteiger partial charge in [-0.3, -0.25) is 0 Å². The van der Waals surface area contributed by atoms with Crippen LogP contribution in [0.1, 0.15) is 41.2 Å². The van der Waals surface area contributed by atoms with E-state index in [1.165, 1.54) is 30.3 Å². The van der Waals surface area contributed by atoms with Crippen LogP contribution in [0.2, 0.25) is 0 Å². The van der Waals surface area contributed by atoms with Crippen LogP contribution in [0.5, 0.6) is 0 Å².